The zero-order valence-electron chi connectivity index (χ0n) is 9.21. The van der Waals surface area contributed by atoms with E-state index >= 15 is 0 Å². The Hall–Kier alpha value is -1.51. The number of carboxylic acids is 1. The Morgan fingerprint density at radius 2 is 2.07 bits per heavy atom. The van der Waals surface area contributed by atoms with E-state index < -0.39 is 5.97 Å². The second-order valence-corrected chi connectivity index (χ2v) is 3.45. The molecule has 0 saturated carbocycles. The smallest absolute Gasteiger partial charge is 0.322 e. The van der Waals surface area contributed by atoms with Gasteiger partial charge in [0.1, 0.15) is 6.54 Å². The van der Waals surface area contributed by atoms with Crippen molar-refractivity contribution in [3.05, 3.63) is 29.3 Å². The van der Waals surface area contributed by atoms with E-state index in [0.717, 1.165) is 24.1 Å². The number of anilines is 1. The molecule has 0 aromatic heterocycles. The molecule has 0 spiro atoms. The molecular weight excluding hydrogens is 190 g/mol. The highest BCUT2D eigenvalue weighted by Crippen LogP contribution is 2.18. The van der Waals surface area contributed by atoms with Gasteiger partial charge >= 0.3 is 5.97 Å². The van der Waals surface area contributed by atoms with Crippen LogP contribution >= 0.6 is 0 Å². The zero-order chi connectivity index (χ0) is 11.3. The number of benzene rings is 1. The van der Waals surface area contributed by atoms with Gasteiger partial charge in [-0.2, -0.15) is 0 Å². The van der Waals surface area contributed by atoms with E-state index in [4.69, 9.17) is 5.11 Å². The van der Waals surface area contributed by atoms with Crippen molar-refractivity contribution in [1.29, 1.82) is 0 Å². The normalized spacial score (nSPS) is 10.0. The highest BCUT2D eigenvalue weighted by Gasteiger charge is 2.03. The van der Waals surface area contributed by atoms with Gasteiger partial charge in [0.2, 0.25) is 0 Å². The summed E-state index contributed by atoms with van der Waals surface area (Å²) in [5.74, 6) is -0.834. The molecular formula is C12H17NO2. The van der Waals surface area contributed by atoms with Crippen LogP contribution in [0.3, 0.4) is 0 Å². The average molecular weight is 207 g/mol. The third kappa shape index (κ3) is 3.27. The number of hydrogen-bond donors (Lipinski definition) is 2. The van der Waals surface area contributed by atoms with Crippen LogP contribution in [0.25, 0.3) is 0 Å². The molecule has 0 unspecified atom stereocenters. The summed E-state index contributed by atoms with van der Waals surface area (Å²) < 4.78 is 0. The lowest BCUT2D eigenvalue weighted by molar-refractivity contribution is -0.134. The van der Waals surface area contributed by atoms with Crippen molar-refractivity contribution in [2.24, 2.45) is 0 Å². The molecule has 0 saturated heterocycles. The van der Waals surface area contributed by atoms with Gasteiger partial charge in [0.05, 0.1) is 0 Å². The molecule has 0 amide bonds. The van der Waals surface area contributed by atoms with Crippen molar-refractivity contribution in [1.82, 2.24) is 0 Å². The maximum Gasteiger partial charge on any atom is 0.322 e. The van der Waals surface area contributed by atoms with Crippen LogP contribution < -0.4 is 5.32 Å². The van der Waals surface area contributed by atoms with Crippen molar-refractivity contribution in [3.8, 4) is 0 Å². The Morgan fingerprint density at radius 3 is 2.60 bits per heavy atom. The molecule has 0 aliphatic carbocycles. The fourth-order valence-electron chi connectivity index (χ4n) is 1.49. The molecule has 15 heavy (non-hydrogen) atoms. The minimum absolute atomic E-state index is 0.0276. The van der Waals surface area contributed by atoms with E-state index in [0.29, 0.717) is 0 Å². The molecule has 0 heterocycles. The number of carboxylic acid groups (broad SMARTS) is 1. The van der Waals surface area contributed by atoms with E-state index in [9.17, 15) is 4.79 Å². The lowest BCUT2D eigenvalue weighted by Gasteiger charge is -2.10. The second kappa shape index (κ2) is 5.39. The van der Waals surface area contributed by atoms with E-state index in [1.165, 1.54) is 5.56 Å². The van der Waals surface area contributed by atoms with E-state index in [1.54, 1.807) is 0 Å². The van der Waals surface area contributed by atoms with Gasteiger partial charge in [0.15, 0.2) is 0 Å². The summed E-state index contributed by atoms with van der Waals surface area (Å²) in [6.45, 7) is 4.12. The highest BCUT2D eigenvalue weighted by molar-refractivity contribution is 5.73. The Balaban J connectivity index is 2.85. The first-order valence-electron chi connectivity index (χ1n) is 5.24. The molecule has 3 nitrogen and oxygen atoms in total. The summed E-state index contributed by atoms with van der Waals surface area (Å²) in [5.41, 5.74) is 3.33. The Labute approximate surface area is 90.1 Å². The Bertz CT molecular complexity index is 347. The zero-order valence-corrected chi connectivity index (χ0v) is 9.21. The van der Waals surface area contributed by atoms with Crippen molar-refractivity contribution < 1.29 is 9.90 Å². The van der Waals surface area contributed by atoms with Crippen LogP contribution in [0.5, 0.6) is 0 Å². The van der Waals surface area contributed by atoms with Gasteiger partial charge in [-0.1, -0.05) is 26.0 Å². The van der Waals surface area contributed by atoms with Gasteiger partial charge in [0.25, 0.3) is 0 Å². The van der Waals surface area contributed by atoms with E-state index in [-0.39, 0.29) is 6.54 Å². The molecule has 0 radical (unpaired) electrons. The van der Waals surface area contributed by atoms with E-state index in [2.05, 4.69) is 31.3 Å². The first kappa shape index (κ1) is 11.6. The number of hydrogen-bond acceptors (Lipinski definition) is 2. The molecule has 82 valence electrons. The third-order valence-electron chi connectivity index (χ3n) is 2.39. The number of aryl methyl sites for hydroxylation is 2. The summed E-state index contributed by atoms with van der Waals surface area (Å²) in [7, 11) is 0. The lowest BCUT2D eigenvalue weighted by atomic mass is 10.1. The molecule has 3 heteroatoms. The summed E-state index contributed by atoms with van der Waals surface area (Å²) >= 11 is 0. The van der Waals surface area contributed by atoms with Crippen molar-refractivity contribution >= 4 is 11.7 Å². The fourth-order valence-corrected chi connectivity index (χ4v) is 1.49. The fraction of sp³-hybridized carbons (Fsp3) is 0.417. The minimum atomic E-state index is -0.834. The predicted octanol–water partition coefficient (Wildman–Crippen LogP) is 2.31. The number of aliphatic carboxylic acids is 1. The molecule has 0 bridgehead atoms. The number of rotatable bonds is 5. The number of nitrogens with one attached hydrogen (secondary N) is 1. The van der Waals surface area contributed by atoms with E-state index in [1.807, 2.05) is 6.07 Å². The van der Waals surface area contributed by atoms with Crippen molar-refractivity contribution in [3.63, 3.8) is 0 Å². The van der Waals surface area contributed by atoms with Crippen LogP contribution in [-0.2, 0) is 17.6 Å². The number of carbonyl (C=O) groups is 1. The third-order valence-corrected chi connectivity index (χ3v) is 2.39. The van der Waals surface area contributed by atoms with Crippen LogP contribution in [0.2, 0.25) is 0 Å². The molecule has 0 aliphatic rings. The monoisotopic (exact) mass is 207 g/mol. The van der Waals surface area contributed by atoms with Gasteiger partial charge < -0.3 is 10.4 Å². The lowest BCUT2D eigenvalue weighted by Crippen LogP contribution is -2.13. The SMILES string of the molecule is CCc1ccc(CC)c(NCC(=O)O)c1. The first-order chi connectivity index (χ1) is 7.17. The summed E-state index contributed by atoms with van der Waals surface area (Å²) in [6, 6.07) is 6.18. The molecule has 0 aliphatic heterocycles. The van der Waals surface area contributed by atoms with Crippen molar-refractivity contribution in [2.75, 3.05) is 11.9 Å². The minimum Gasteiger partial charge on any atom is -0.480 e. The van der Waals surface area contributed by atoms with Gasteiger partial charge in [-0.25, -0.2) is 0 Å². The molecule has 2 N–H and O–H groups in total. The molecule has 0 atom stereocenters. The molecule has 1 aromatic rings. The topological polar surface area (TPSA) is 49.3 Å². The van der Waals surface area contributed by atoms with Gasteiger partial charge in [0, 0.05) is 5.69 Å². The molecule has 1 aromatic carbocycles. The molecule has 1 rings (SSSR count). The van der Waals surface area contributed by atoms with Crippen LogP contribution in [0.15, 0.2) is 18.2 Å². The summed E-state index contributed by atoms with van der Waals surface area (Å²) in [4.78, 5) is 10.5. The quantitative estimate of drug-likeness (QED) is 0.779. The van der Waals surface area contributed by atoms with Crippen LogP contribution in [-0.4, -0.2) is 17.6 Å². The Morgan fingerprint density at radius 1 is 1.33 bits per heavy atom. The van der Waals surface area contributed by atoms with Gasteiger partial charge in [-0.15, -0.1) is 0 Å². The predicted molar refractivity (Wildman–Crippen MR) is 61.3 cm³/mol. The van der Waals surface area contributed by atoms with Crippen LogP contribution in [0, 0.1) is 0 Å². The van der Waals surface area contributed by atoms with Crippen molar-refractivity contribution in [2.45, 2.75) is 26.7 Å². The average Bonchev–Trinajstić information content (AvgIpc) is 2.25. The van der Waals surface area contributed by atoms with Gasteiger partial charge in [-0.05, 0) is 30.0 Å². The standard InChI is InChI=1S/C12H17NO2/c1-3-9-5-6-10(4-2)11(7-9)13-8-12(14)15/h5-7,13H,3-4,8H2,1-2H3,(H,14,15). The summed E-state index contributed by atoms with van der Waals surface area (Å²) in [6.07, 6.45) is 1.87. The van der Waals surface area contributed by atoms with Gasteiger partial charge in [-0.3, -0.25) is 4.79 Å². The summed E-state index contributed by atoms with van der Waals surface area (Å²) in [5, 5.41) is 11.5. The maximum absolute atomic E-state index is 10.5. The second-order valence-electron chi connectivity index (χ2n) is 3.45. The molecule has 0 fully saturated rings. The van der Waals surface area contributed by atoms with Crippen LogP contribution in [0.4, 0.5) is 5.69 Å². The first-order valence-corrected chi connectivity index (χ1v) is 5.24. The largest absolute Gasteiger partial charge is 0.480 e. The maximum atomic E-state index is 10.5. The van der Waals surface area contributed by atoms with Crippen LogP contribution in [0.1, 0.15) is 25.0 Å². The Kier molecular flexibility index (Phi) is 4.16. The highest BCUT2D eigenvalue weighted by atomic mass is 16.4.